The number of fused-ring (bicyclic) bond motifs is 1. The van der Waals surface area contributed by atoms with Crippen LogP contribution in [0.4, 0.5) is 5.69 Å². The number of aryl methyl sites for hydroxylation is 1. The number of aliphatic hydroxyl groups excluding tert-OH is 1. The van der Waals surface area contributed by atoms with E-state index in [-0.39, 0.29) is 6.61 Å². The molecule has 3 heterocycles. The van der Waals surface area contributed by atoms with Crippen LogP contribution in [-0.4, -0.2) is 28.2 Å². The molecule has 1 fully saturated rings. The first-order valence-electron chi connectivity index (χ1n) is 9.54. The molecule has 1 N–H and O–H groups in total. The van der Waals surface area contributed by atoms with Crippen LogP contribution in [0, 0.1) is 6.92 Å². The highest BCUT2D eigenvalue weighted by Crippen LogP contribution is 2.28. The van der Waals surface area contributed by atoms with Crippen molar-refractivity contribution in [1.82, 2.24) is 9.97 Å². The van der Waals surface area contributed by atoms with E-state index in [1.54, 1.807) is 12.3 Å². The molecule has 1 aromatic carbocycles. The van der Waals surface area contributed by atoms with E-state index >= 15 is 0 Å². The number of hydrogen-bond donors (Lipinski definition) is 1. The molecule has 0 atom stereocenters. The van der Waals surface area contributed by atoms with E-state index in [0.717, 1.165) is 35.2 Å². The van der Waals surface area contributed by atoms with E-state index < -0.39 is 0 Å². The summed E-state index contributed by atoms with van der Waals surface area (Å²) in [5.41, 5.74) is 7.20. The lowest BCUT2D eigenvalue weighted by molar-refractivity contribution is 0.280. The Balaban J connectivity index is 1.69. The fourth-order valence-corrected chi connectivity index (χ4v) is 4.13. The molecule has 0 radical (unpaired) electrons. The van der Waals surface area contributed by atoms with Gasteiger partial charge in [-0.1, -0.05) is 23.7 Å². The first-order chi connectivity index (χ1) is 13.2. The fourth-order valence-electron chi connectivity index (χ4n) is 3.99. The smallest absolute Gasteiger partial charge is 0.129 e. The Morgan fingerprint density at radius 2 is 1.93 bits per heavy atom. The lowest BCUT2D eigenvalue weighted by Gasteiger charge is -2.30. The van der Waals surface area contributed by atoms with E-state index in [9.17, 15) is 5.11 Å². The van der Waals surface area contributed by atoms with Gasteiger partial charge in [0, 0.05) is 37.0 Å². The van der Waals surface area contributed by atoms with Gasteiger partial charge in [0.2, 0.25) is 0 Å². The first-order valence-corrected chi connectivity index (χ1v) is 9.92. The Morgan fingerprint density at radius 3 is 2.67 bits per heavy atom. The van der Waals surface area contributed by atoms with Crippen molar-refractivity contribution in [2.45, 2.75) is 39.2 Å². The van der Waals surface area contributed by atoms with Crippen molar-refractivity contribution in [3.8, 4) is 0 Å². The average Bonchev–Trinajstić information content (AvgIpc) is 2.69. The highest BCUT2D eigenvalue weighted by Gasteiger charge is 2.15. The van der Waals surface area contributed by atoms with E-state index in [1.807, 2.05) is 6.07 Å². The maximum absolute atomic E-state index is 9.79. The molecular formula is C22H24ClN3O. The van der Waals surface area contributed by atoms with Crippen LogP contribution in [0.15, 0.2) is 36.5 Å². The monoisotopic (exact) mass is 381 g/mol. The molecular weight excluding hydrogens is 358 g/mol. The molecule has 1 aliphatic rings. The van der Waals surface area contributed by atoms with Gasteiger partial charge in [0.25, 0.3) is 0 Å². The average molecular weight is 382 g/mol. The minimum atomic E-state index is -0.0582. The maximum atomic E-state index is 9.79. The van der Waals surface area contributed by atoms with Crippen molar-refractivity contribution in [2.75, 3.05) is 18.0 Å². The molecule has 0 aliphatic carbocycles. The predicted octanol–water partition coefficient (Wildman–Crippen LogP) is 4.67. The third-order valence-electron chi connectivity index (χ3n) is 5.38. The van der Waals surface area contributed by atoms with Crippen molar-refractivity contribution in [3.63, 3.8) is 0 Å². The molecule has 2 aromatic heterocycles. The molecule has 27 heavy (non-hydrogen) atoms. The number of benzene rings is 1. The second-order valence-electron chi connectivity index (χ2n) is 7.27. The van der Waals surface area contributed by atoms with Crippen molar-refractivity contribution in [3.05, 3.63) is 63.9 Å². The van der Waals surface area contributed by atoms with Gasteiger partial charge in [-0.25, -0.2) is 4.98 Å². The van der Waals surface area contributed by atoms with Crippen LogP contribution in [0.1, 0.15) is 41.5 Å². The molecule has 0 bridgehead atoms. The molecule has 0 unspecified atom stereocenters. The van der Waals surface area contributed by atoms with Crippen molar-refractivity contribution in [1.29, 1.82) is 0 Å². The van der Waals surface area contributed by atoms with Crippen molar-refractivity contribution in [2.24, 2.45) is 0 Å². The number of aliphatic hydroxyl groups is 1. The van der Waals surface area contributed by atoms with Gasteiger partial charge in [-0.05, 0) is 61.1 Å². The minimum Gasteiger partial charge on any atom is -0.392 e. The third-order valence-corrected chi connectivity index (χ3v) is 5.59. The molecule has 5 heteroatoms. The quantitative estimate of drug-likeness (QED) is 0.667. The molecule has 4 rings (SSSR count). The topological polar surface area (TPSA) is 49.3 Å². The molecule has 140 valence electrons. The summed E-state index contributed by atoms with van der Waals surface area (Å²) in [6, 6.07) is 10.3. The largest absolute Gasteiger partial charge is 0.392 e. The second kappa shape index (κ2) is 7.83. The molecule has 0 spiro atoms. The van der Waals surface area contributed by atoms with Gasteiger partial charge in [0.1, 0.15) is 5.15 Å². The minimum absolute atomic E-state index is 0.0582. The number of halogens is 1. The Labute approximate surface area is 164 Å². The van der Waals surface area contributed by atoms with Crippen LogP contribution >= 0.6 is 11.6 Å². The van der Waals surface area contributed by atoms with Gasteiger partial charge in [-0.15, -0.1) is 0 Å². The van der Waals surface area contributed by atoms with E-state index in [4.69, 9.17) is 11.6 Å². The van der Waals surface area contributed by atoms with Gasteiger partial charge >= 0.3 is 0 Å². The maximum Gasteiger partial charge on any atom is 0.129 e. The molecule has 1 saturated heterocycles. The van der Waals surface area contributed by atoms with Crippen molar-refractivity contribution < 1.29 is 5.11 Å². The first kappa shape index (κ1) is 18.2. The second-order valence-corrected chi connectivity index (χ2v) is 7.65. The predicted molar refractivity (Wildman–Crippen MR) is 111 cm³/mol. The summed E-state index contributed by atoms with van der Waals surface area (Å²) in [5.74, 6) is 0. The molecule has 0 amide bonds. The lowest BCUT2D eigenvalue weighted by atomic mass is 9.97. The Kier molecular flexibility index (Phi) is 5.28. The number of hydrogen-bond acceptors (Lipinski definition) is 4. The van der Waals surface area contributed by atoms with Crippen LogP contribution in [0.25, 0.3) is 11.0 Å². The number of rotatable bonds is 4. The Bertz CT molecular complexity index is 967. The highest BCUT2D eigenvalue weighted by atomic mass is 35.5. The van der Waals surface area contributed by atoms with E-state index in [0.29, 0.717) is 11.6 Å². The van der Waals surface area contributed by atoms with Gasteiger partial charge in [-0.3, -0.25) is 4.98 Å². The summed E-state index contributed by atoms with van der Waals surface area (Å²) < 4.78 is 0. The zero-order chi connectivity index (χ0) is 18.8. The van der Waals surface area contributed by atoms with Gasteiger partial charge < -0.3 is 10.0 Å². The zero-order valence-corrected chi connectivity index (χ0v) is 16.3. The Morgan fingerprint density at radius 1 is 1.11 bits per heavy atom. The lowest BCUT2D eigenvalue weighted by Crippen LogP contribution is -2.29. The summed E-state index contributed by atoms with van der Waals surface area (Å²) in [6.07, 6.45) is 6.32. The zero-order valence-electron chi connectivity index (χ0n) is 15.6. The number of aromatic nitrogens is 2. The number of anilines is 1. The standard InChI is InChI=1S/C22H24ClN3O/c1-15-11-16(5-7-20(15)26-9-3-2-4-10-26)12-18-17(14-27)13-24-19-6-8-21(23)25-22(18)19/h5-8,11,13,27H,2-4,9-10,12,14H2,1H3. The molecule has 0 saturated carbocycles. The summed E-state index contributed by atoms with van der Waals surface area (Å²) >= 11 is 6.11. The number of pyridine rings is 2. The SMILES string of the molecule is Cc1cc(Cc2c(CO)cnc3ccc(Cl)nc23)ccc1N1CCCCC1. The number of nitrogens with zero attached hydrogens (tertiary/aromatic N) is 3. The summed E-state index contributed by atoms with van der Waals surface area (Å²) in [7, 11) is 0. The number of piperidine rings is 1. The van der Waals surface area contributed by atoms with Crippen molar-refractivity contribution >= 4 is 28.3 Å². The summed E-state index contributed by atoms with van der Waals surface area (Å²) in [4.78, 5) is 11.4. The van der Waals surface area contributed by atoms with Crippen LogP contribution < -0.4 is 4.90 Å². The van der Waals surface area contributed by atoms with E-state index in [1.165, 1.54) is 36.1 Å². The van der Waals surface area contributed by atoms with Crippen LogP contribution in [-0.2, 0) is 13.0 Å². The van der Waals surface area contributed by atoms with Gasteiger partial charge in [0.05, 0.1) is 17.6 Å². The summed E-state index contributed by atoms with van der Waals surface area (Å²) in [6.45, 7) is 4.41. The molecule has 1 aliphatic heterocycles. The molecule has 4 nitrogen and oxygen atoms in total. The normalized spacial score (nSPS) is 14.7. The van der Waals surface area contributed by atoms with Crippen LogP contribution in [0.2, 0.25) is 5.15 Å². The van der Waals surface area contributed by atoms with Gasteiger partial charge in [0.15, 0.2) is 0 Å². The fraction of sp³-hybridized carbons (Fsp3) is 0.364. The van der Waals surface area contributed by atoms with Gasteiger partial charge in [-0.2, -0.15) is 0 Å². The van der Waals surface area contributed by atoms with E-state index in [2.05, 4.69) is 40.0 Å². The Hall–Kier alpha value is -2.17. The molecule has 3 aromatic rings. The highest BCUT2D eigenvalue weighted by molar-refractivity contribution is 6.29. The summed E-state index contributed by atoms with van der Waals surface area (Å²) in [5, 5.41) is 10.2. The third kappa shape index (κ3) is 3.78. The van der Waals surface area contributed by atoms with Crippen LogP contribution in [0.3, 0.4) is 0 Å². The van der Waals surface area contributed by atoms with Crippen LogP contribution in [0.5, 0.6) is 0 Å².